The van der Waals surface area contributed by atoms with Gasteiger partial charge in [-0.25, -0.2) is 0 Å². The summed E-state index contributed by atoms with van der Waals surface area (Å²) >= 11 is 3.26. The van der Waals surface area contributed by atoms with E-state index in [1.54, 1.807) is 0 Å². The number of carbonyl (C=O) groups is 1. The number of halogens is 1. The first kappa shape index (κ1) is 15.0. The lowest BCUT2D eigenvalue weighted by atomic mass is 10.0. The van der Waals surface area contributed by atoms with Crippen LogP contribution in [0.3, 0.4) is 0 Å². The molecule has 1 fully saturated rings. The summed E-state index contributed by atoms with van der Waals surface area (Å²) in [5.41, 5.74) is 0.247. The maximum absolute atomic E-state index is 12.3. The topological polar surface area (TPSA) is 72.2 Å². The summed E-state index contributed by atoms with van der Waals surface area (Å²) in [4.78, 5) is 22.6. The van der Waals surface area contributed by atoms with Crippen LogP contribution in [0.4, 0.5) is 5.69 Å². The minimum atomic E-state index is -0.506. The van der Waals surface area contributed by atoms with E-state index in [0.717, 1.165) is 0 Å². The Balaban J connectivity index is 2.23. The predicted octanol–water partition coefficient (Wildman–Crippen LogP) is 3.52. The molecule has 6 heteroatoms. The molecule has 1 aromatic carbocycles. The Bertz CT molecular complexity index is 582. The quantitative estimate of drug-likeness (QED) is 0.675. The van der Waals surface area contributed by atoms with Gasteiger partial charge in [-0.05, 0) is 32.8 Å². The normalized spacial score (nSPS) is 19.4. The first-order chi connectivity index (χ1) is 9.09. The number of nitrogens with one attached hydrogen (secondary N) is 1. The predicted molar refractivity (Wildman–Crippen MR) is 79.6 cm³/mol. The van der Waals surface area contributed by atoms with Gasteiger partial charge in [-0.1, -0.05) is 27.7 Å². The fourth-order valence-electron chi connectivity index (χ4n) is 2.57. The molecule has 1 N–H and O–H groups in total. The smallest absolute Gasteiger partial charge is 0.270 e. The highest BCUT2D eigenvalue weighted by Crippen LogP contribution is 2.62. The van der Waals surface area contributed by atoms with E-state index in [1.807, 2.05) is 0 Å². The van der Waals surface area contributed by atoms with E-state index in [9.17, 15) is 14.9 Å². The van der Waals surface area contributed by atoms with Gasteiger partial charge >= 0.3 is 0 Å². The summed E-state index contributed by atoms with van der Waals surface area (Å²) in [6.07, 6.45) is 0. The van der Waals surface area contributed by atoms with Gasteiger partial charge in [-0.2, -0.15) is 0 Å². The first-order valence-corrected chi connectivity index (χ1v) is 7.13. The van der Waals surface area contributed by atoms with Gasteiger partial charge < -0.3 is 5.32 Å². The second kappa shape index (κ2) is 4.55. The van der Waals surface area contributed by atoms with Crippen molar-refractivity contribution >= 4 is 27.5 Å². The Morgan fingerprint density at radius 2 is 1.85 bits per heavy atom. The van der Waals surface area contributed by atoms with Crippen LogP contribution < -0.4 is 5.32 Å². The van der Waals surface area contributed by atoms with Crippen molar-refractivity contribution in [1.29, 1.82) is 0 Å². The fourth-order valence-corrected chi connectivity index (χ4v) is 2.99. The number of nitro groups is 1. The van der Waals surface area contributed by atoms with Crippen LogP contribution in [0.15, 0.2) is 22.7 Å². The lowest BCUT2D eigenvalue weighted by Gasteiger charge is -2.08. The molecule has 1 amide bonds. The maximum Gasteiger partial charge on any atom is 0.270 e. The van der Waals surface area contributed by atoms with E-state index < -0.39 is 4.92 Å². The van der Waals surface area contributed by atoms with Crippen molar-refractivity contribution in [3.63, 3.8) is 0 Å². The van der Waals surface area contributed by atoms with Gasteiger partial charge in [-0.15, -0.1) is 0 Å². The van der Waals surface area contributed by atoms with Gasteiger partial charge in [0.15, 0.2) is 0 Å². The maximum atomic E-state index is 12.3. The van der Waals surface area contributed by atoms with Crippen LogP contribution in [0.2, 0.25) is 0 Å². The number of nitrogens with zero attached hydrogens (tertiary/aromatic N) is 1. The summed E-state index contributed by atoms with van der Waals surface area (Å²) in [7, 11) is 0. The molecule has 108 valence electrons. The molecule has 0 radical (unpaired) electrons. The largest absolute Gasteiger partial charge is 0.348 e. The molecule has 0 atom stereocenters. The monoisotopic (exact) mass is 340 g/mol. The Hall–Kier alpha value is -1.43. The van der Waals surface area contributed by atoms with E-state index in [1.165, 1.54) is 18.2 Å². The van der Waals surface area contributed by atoms with Crippen molar-refractivity contribution in [3.8, 4) is 0 Å². The van der Waals surface area contributed by atoms with Gasteiger partial charge in [0, 0.05) is 22.6 Å². The van der Waals surface area contributed by atoms with E-state index in [2.05, 4.69) is 48.9 Å². The lowest BCUT2D eigenvalue weighted by Crippen LogP contribution is -2.30. The molecule has 0 spiro atoms. The average Bonchev–Trinajstić information content (AvgIpc) is 2.71. The van der Waals surface area contributed by atoms with E-state index in [0.29, 0.717) is 4.47 Å². The summed E-state index contributed by atoms with van der Waals surface area (Å²) < 4.78 is 0.553. The molecule has 20 heavy (non-hydrogen) atoms. The van der Waals surface area contributed by atoms with Gasteiger partial charge in [0.1, 0.15) is 0 Å². The van der Waals surface area contributed by atoms with Crippen LogP contribution in [-0.4, -0.2) is 16.9 Å². The Labute approximate surface area is 126 Å². The Morgan fingerprint density at radius 1 is 1.30 bits per heavy atom. The molecule has 1 aromatic rings. The molecule has 0 saturated heterocycles. The summed E-state index contributed by atoms with van der Waals surface area (Å²) in [5, 5.41) is 13.8. The highest BCUT2D eigenvalue weighted by Gasteiger charge is 2.65. The van der Waals surface area contributed by atoms with Gasteiger partial charge in [0.05, 0.1) is 10.5 Å². The molecule has 0 heterocycles. The van der Waals surface area contributed by atoms with Gasteiger partial charge in [0.2, 0.25) is 0 Å². The summed E-state index contributed by atoms with van der Waals surface area (Å²) in [5.74, 6) is -0.288. The Morgan fingerprint density at radius 3 is 2.30 bits per heavy atom. The second-order valence-corrected chi connectivity index (χ2v) is 7.13. The highest BCUT2D eigenvalue weighted by molar-refractivity contribution is 9.10. The minimum Gasteiger partial charge on any atom is -0.348 e. The summed E-state index contributed by atoms with van der Waals surface area (Å²) in [6.45, 7) is 8.39. The summed E-state index contributed by atoms with van der Waals surface area (Å²) in [6, 6.07) is 4.25. The first-order valence-electron chi connectivity index (χ1n) is 6.34. The van der Waals surface area contributed by atoms with E-state index >= 15 is 0 Å². The number of amides is 1. The van der Waals surface area contributed by atoms with Crippen LogP contribution in [-0.2, 0) is 0 Å². The zero-order valence-electron chi connectivity index (χ0n) is 11.9. The molecule has 5 nitrogen and oxygen atoms in total. The molecule has 1 aliphatic carbocycles. The van der Waals surface area contributed by atoms with Crippen LogP contribution in [0, 0.1) is 20.9 Å². The van der Waals surface area contributed by atoms with Crippen molar-refractivity contribution in [2.75, 3.05) is 0 Å². The average molecular weight is 341 g/mol. The molecule has 0 aliphatic heterocycles. The zero-order valence-corrected chi connectivity index (χ0v) is 13.4. The van der Waals surface area contributed by atoms with E-state index in [-0.39, 0.29) is 34.0 Å². The van der Waals surface area contributed by atoms with Crippen LogP contribution in [0.5, 0.6) is 0 Å². The number of rotatable bonds is 3. The minimum absolute atomic E-state index is 0.0237. The zero-order chi connectivity index (χ0) is 15.3. The standard InChI is InChI=1S/C14H17BrN2O3/c1-13(2)12(14(13,3)4)16-11(18)9-7-8(17(19)20)5-6-10(9)15/h5-7,12H,1-4H3,(H,16,18). The third-order valence-electron chi connectivity index (χ3n) is 4.70. The number of hydrogen-bond donors (Lipinski definition) is 1. The molecular weight excluding hydrogens is 324 g/mol. The van der Waals surface area contributed by atoms with Crippen LogP contribution in [0.25, 0.3) is 0 Å². The van der Waals surface area contributed by atoms with Crippen molar-refractivity contribution in [3.05, 3.63) is 38.3 Å². The third-order valence-corrected chi connectivity index (χ3v) is 5.39. The number of benzene rings is 1. The number of hydrogen-bond acceptors (Lipinski definition) is 3. The Kier molecular flexibility index (Phi) is 3.40. The fraction of sp³-hybridized carbons (Fsp3) is 0.500. The van der Waals surface area contributed by atoms with Crippen LogP contribution >= 0.6 is 15.9 Å². The van der Waals surface area contributed by atoms with Crippen molar-refractivity contribution in [1.82, 2.24) is 5.32 Å². The van der Waals surface area contributed by atoms with E-state index in [4.69, 9.17) is 0 Å². The number of nitro benzene ring substituents is 1. The number of carbonyl (C=O) groups excluding carboxylic acids is 1. The van der Waals surface area contributed by atoms with Crippen molar-refractivity contribution in [2.24, 2.45) is 10.8 Å². The second-order valence-electron chi connectivity index (χ2n) is 6.27. The SMILES string of the molecule is CC1(C)C(NC(=O)c2cc([N+](=O)[O-])ccc2Br)C1(C)C. The van der Waals surface area contributed by atoms with Gasteiger partial charge in [-0.3, -0.25) is 14.9 Å². The molecule has 1 aliphatic rings. The molecule has 2 rings (SSSR count). The van der Waals surface area contributed by atoms with Gasteiger partial charge in [0.25, 0.3) is 11.6 Å². The highest BCUT2D eigenvalue weighted by atomic mass is 79.9. The molecule has 0 bridgehead atoms. The van der Waals surface area contributed by atoms with Crippen LogP contribution in [0.1, 0.15) is 38.1 Å². The molecule has 0 aromatic heterocycles. The van der Waals surface area contributed by atoms with Crippen molar-refractivity contribution in [2.45, 2.75) is 33.7 Å². The molecular formula is C14H17BrN2O3. The third kappa shape index (κ3) is 2.22. The molecule has 1 saturated carbocycles. The molecule has 0 unspecified atom stereocenters. The lowest BCUT2D eigenvalue weighted by molar-refractivity contribution is -0.384. The van der Waals surface area contributed by atoms with Crippen molar-refractivity contribution < 1.29 is 9.72 Å². The number of non-ortho nitro benzene ring substituents is 1.